The zero-order chi connectivity index (χ0) is 10.3. The van der Waals surface area contributed by atoms with E-state index in [0.29, 0.717) is 12.8 Å². The first-order valence-electron chi connectivity index (χ1n) is 4.92. The highest BCUT2D eigenvalue weighted by Gasteiger charge is 2.45. The number of nitrogens with two attached hydrogens (primary N) is 1. The van der Waals surface area contributed by atoms with E-state index in [-0.39, 0.29) is 11.9 Å². The summed E-state index contributed by atoms with van der Waals surface area (Å²) >= 11 is 0. The van der Waals surface area contributed by atoms with Crippen LogP contribution >= 0.6 is 0 Å². The first kappa shape index (κ1) is 9.45. The van der Waals surface area contributed by atoms with E-state index < -0.39 is 18.1 Å². The lowest BCUT2D eigenvalue weighted by Gasteiger charge is -2.34. The Kier molecular flexibility index (Phi) is 2.19. The highest BCUT2D eigenvalue weighted by atomic mass is 16.4. The lowest BCUT2D eigenvalue weighted by molar-refractivity contribution is -0.151. The summed E-state index contributed by atoms with van der Waals surface area (Å²) in [5, 5.41) is 8.95. The summed E-state index contributed by atoms with van der Waals surface area (Å²) in [6, 6.07) is -1.07. The second-order valence-corrected chi connectivity index (χ2v) is 4.03. The Morgan fingerprint density at radius 2 is 2.21 bits per heavy atom. The fraction of sp³-hybridized carbons (Fsp3) is 0.778. The molecule has 0 spiro atoms. The minimum Gasteiger partial charge on any atom is -0.480 e. The van der Waals surface area contributed by atoms with Crippen molar-refractivity contribution < 1.29 is 14.7 Å². The van der Waals surface area contributed by atoms with Gasteiger partial charge in [0.1, 0.15) is 6.04 Å². The molecule has 3 atom stereocenters. The number of carboxylic acids is 1. The maximum Gasteiger partial charge on any atom is 0.326 e. The topological polar surface area (TPSA) is 83.6 Å². The van der Waals surface area contributed by atoms with Gasteiger partial charge in [-0.1, -0.05) is 0 Å². The maximum absolute atomic E-state index is 11.6. The van der Waals surface area contributed by atoms with Crippen molar-refractivity contribution in [2.45, 2.75) is 43.8 Å². The number of nitrogens with zero attached hydrogens (tertiary/aromatic N) is 1. The first-order valence-corrected chi connectivity index (χ1v) is 4.92. The maximum atomic E-state index is 11.6. The lowest BCUT2D eigenvalue weighted by Crippen LogP contribution is -2.50. The van der Waals surface area contributed by atoms with E-state index in [1.165, 1.54) is 4.90 Å². The molecule has 78 valence electrons. The summed E-state index contributed by atoms with van der Waals surface area (Å²) in [5.41, 5.74) is 5.62. The van der Waals surface area contributed by atoms with Crippen molar-refractivity contribution in [1.29, 1.82) is 0 Å². The molecule has 0 bridgehead atoms. The van der Waals surface area contributed by atoms with Gasteiger partial charge < -0.3 is 15.7 Å². The normalized spacial score (nSPS) is 37.1. The van der Waals surface area contributed by atoms with Gasteiger partial charge in [0.2, 0.25) is 5.91 Å². The van der Waals surface area contributed by atoms with Crippen LogP contribution in [0.1, 0.15) is 25.7 Å². The fourth-order valence-electron chi connectivity index (χ4n) is 2.47. The molecule has 1 amide bonds. The minimum atomic E-state index is -0.905. The fourth-order valence-corrected chi connectivity index (χ4v) is 2.47. The van der Waals surface area contributed by atoms with E-state index in [4.69, 9.17) is 10.8 Å². The van der Waals surface area contributed by atoms with Crippen LogP contribution in [0.25, 0.3) is 0 Å². The molecule has 0 radical (unpaired) electrons. The number of rotatable bonds is 1. The van der Waals surface area contributed by atoms with Crippen molar-refractivity contribution in [3.63, 3.8) is 0 Å². The van der Waals surface area contributed by atoms with E-state index in [9.17, 15) is 9.59 Å². The average molecular weight is 198 g/mol. The Labute approximate surface area is 81.9 Å². The Bertz CT molecular complexity index is 279. The average Bonchev–Trinajstić information content (AvgIpc) is 2.43. The van der Waals surface area contributed by atoms with Gasteiger partial charge >= 0.3 is 5.97 Å². The van der Waals surface area contributed by atoms with Gasteiger partial charge in [-0.05, 0) is 25.7 Å². The van der Waals surface area contributed by atoms with Crippen molar-refractivity contribution in [3.05, 3.63) is 0 Å². The first-order chi connectivity index (χ1) is 6.61. The van der Waals surface area contributed by atoms with Crippen LogP contribution < -0.4 is 5.73 Å². The Morgan fingerprint density at radius 1 is 1.50 bits per heavy atom. The minimum absolute atomic E-state index is 0.0624. The summed E-state index contributed by atoms with van der Waals surface area (Å²) in [5.74, 6) is -1.10. The van der Waals surface area contributed by atoms with Gasteiger partial charge in [0.05, 0.1) is 6.04 Å². The van der Waals surface area contributed by atoms with Gasteiger partial charge in [0, 0.05) is 6.04 Å². The molecule has 5 nitrogen and oxygen atoms in total. The molecule has 0 aliphatic carbocycles. The van der Waals surface area contributed by atoms with Crippen molar-refractivity contribution in [1.82, 2.24) is 4.90 Å². The summed E-state index contributed by atoms with van der Waals surface area (Å²) in [6.45, 7) is 0. The van der Waals surface area contributed by atoms with E-state index in [1.807, 2.05) is 0 Å². The van der Waals surface area contributed by atoms with Gasteiger partial charge in [0.15, 0.2) is 0 Å². The van der Waals surface area contributed by atoms with Crippen molar-refractivity contribution in [2.75, 3.05) is 0 Å². The molecule has 3 N–H and O–H groups in total. The van der Waals surface area contributed by atoms with Crippen LogP contribution in [-0.4, -0.2) is 40.0 Å². The monoisotopic (exact) mass is 198 g/mol. The second kappa shape index (κ2) is 3.24. The molecule has 1 unspecified atom stereocenters. The van der Waals surface area contributed by atoms with Crippen molar-refractivity contribution >= 4 is 11.9 Å². The molecule has 0 aromatic carbocycles. The molecular formula is C9H14N2O3. The van der Waals surface area contributed by atoms with Crippen LogP contribution in [0.3, 0.4) is 0 Å². The summed E-state index contributed by atoms with van der Waals surface area (Å²) in [6.07, 6.45) is 2.94. The van der Waals surface area contributed by atoms with E-state index >= 15 is 0 Å². The molecule has 2 aliphatic rings. The van der Waals surface area contributed by atoms with E-state index in [0.717, 1.165) is 12.8 Å². The predicted octanol–water partition coefficient (Wildman–Crippen LogP) is -0.448. The van der Waals surface area contributed by atoms with Gasteiger partial charge in [-0.15, -0.1) is 0 Å². The molecule has 2 heterocycles. The summed E-state index contributed by atoms with van der Waals surface area (Å²) in [4.78, 5) is 24.0. The number of carbonyl (C=O) groups excluding carboxylic acids is 1. The quantitative estimate of drug-likeness (QED) is 0.597. The summed E-state index contributed by atoms with van der Waals surface area (Å²) in [7, 11) is 0. The SMILES string of the molecule is NC1C[C@@H]2CCC[C@@H](C(=O)O)N2C1=O. The van der Waals surface area contributed by atoms with Crippen LogP contribution in [0, 0.1) is 0 Å². The van der Waals surface area contributed by atoms with Gasteiger partial charge in [0.25, 0.3) is 0 Å². The number of aliphatic carboxylic acids is 1. The van der Waals surface area contributed by atoms with Crippen LogP contribution in [0.15, 0.2) is 0 Å². The van der Waals surface area contributed by atoms with Gasteiger partial charge in [-0.2, -0.15) is 0 Å². The third kappa shape index (κ3) is 1.28. The zero-order valence-electron chi connectivity index (χ0n) is 7.85. The summed E-state index contributed by atoms with van der Waals surface area (Å²) < 4.78 is 0. The molecule has 14 heavy (non-hydrogen) atoms. The third-order valence-corrected chi connectivity index (χ3v) is 3.13. The highest BCUT2D eigenvalue weighted by Crippen LogP contribution is 2.31. The Morgan fingerprint density at radius 3 is 2.86 bits per heavy atom. The van der Waals surface area contributed by atoms with Crippen LogP contribution in [-0.2, 0) is 9.59 Å². The van der Waals surface area contributed by atoms with E-state index in [2.05, 4.69) is 0 Å². The van der Waals surface area contributed by atoms with Gasteiger partial charge in [-0.25, -0.2) is 4.79 Å². The molecular weight excluding hydrogens is 184 g/mol. The molecule has 2 aliphatic heterocycles. The molecule has 2 rings (SSSR count). The predicted molar refractivity (Wildman–Crippen MR) is 48.5 cm³/mol. The third-order valence-electron chi connectivity index (χ3n) is 3.13. The number of hydrogen-bond acceptors (Lipinski definition) is 3. The molecule has 0 saturated carbocycles. The zero-order valence-corrected chi connectivity index (χ0v) is 7.85. The largest absolute Gasteiger partial charge is 0.480 e. The van der Waals surface area contributed by atoms with Crippen LogP contribution in [0.4, 0.5) is 0 Å². The standard InChI is InChI=1S/C9H14N2O3/c10-6-4-5-2-1-3-7(9(13)14)11(5)8(6)12/h5-7H,1-4,10H2,(H,13,14)/t5-,6?,7-/m0/s1. The number of amides is 1. The molecule has 0 aromatic heterocycles. The lowest BCUT2D eigenvalue weighted by atomic mass is 9.96. The number of carbonyl (C=O) groups is 2. The molecule has 2 fully saturated rings. The molecule has 2 saturated heterocycles. The number of carboxylic acid groups (broad SMARTS) is 1. The Balaban J connectivity index is 2.22. The second-order valence-electron chi connectivity index (χ2n) is 4.03. The van der Waals surface area contributed by atoms with Crippen molar-refractivity contribution in [2.24, 2.45) is 5.73 Å². The highest BCUT2D eigenvalue weighted by molar-refractivity contribution is 5.89. The van der Waals surface area contributed by atoms with E-state index in [1.54, 1.807) is 0 Å². The van der Waals surface area contributed by atoms with Crippen molar-refractivity contribution in [3.8, 4) is 0 Å². The smallest absolute Gasteiger partial charge is 0.326 e. The Hall–Kier alpha value is -1.10. The number of hydrogen-bond donors (Lipinski definition) is 2. The molecule has 5 heteroatoms. The van der Waals surface area contributed by atoms with Gasteiger partial charge in [-0.3, -0.25) is 4.79 Å². The molecule has 0 aromatic rings. The number of piperidine rings is 1. The van der Waals surface area contributed by atoms with Crippen LogP contribution in [0.2, 0.25) is 0 Å². The van der Waals surface area contributed by atoms with Crippen LogP contribution in [0.5, 0.6) is 0 Å². The number of fused-ring (bicyclic) bond motifs is 1.